The van der Waals surface area contributed by atoms with Gasteiger partial charge in [-0.2, -0.15) is 5.10 Å². The first kappa shape index (κ1) is 16.7. The van der Waals surface area contributed by atoms with Crippen LogP contribution in [0.3, 0.4) is 0 Å². The minimum absolute atomic E-state index is 0.0769. The van der Waals surface area contributed by atoms with Crippen LogP contribution >= 0.6 is 11.6 Å². The molecule has 0 saturated carbocycles. The number of nitrogens with one attached hydrogen (secondary N) is 1. The first-order valence-electron chi connectivity index (χ1n) is 8.49. The van der Waals surface area contributed by atoms with Gasteiger partial charge >= 0.3 is 0 Å². The Balaban J connectivity index is 1.40. The summed E-state index contributed by atoms with van der Waals surface area (Å²) in [7, 11) is 0. The number of aromatic amines is 1. The smallest absolute Gasteiger partial charge is 0.274 e. The number of aromatic nitrogens is 2. The molecule has 0 unspecified atom stereocenters. The van der Waals surface area contributed by atoms with Gasteiger partial charge in [-0.25, -0.2) is 0 Å². The number of H-pyrrole nitrogens is 1. The third-order valence-corrected chi connectivity index (χ3v) is 4.85. The van der Waals surface area contributed by atoms with E-state index in [4.69, 9.17) is 16.3 Å². The van der Waals surface area contributed by atoms with Gasteiger partial charge in [0.25, 0.3) is 5.91 Å². The van der Waals surface area contributed by atoms with E-state index in [1.165, 1.54) is 0 Å². The van der Waals surface area contributed by atoms with Gasteiger partial charge < -0.3 is 14.7 Å². The molecule has 2 heterocycles. The van der Waals surface area contributed by atoms with Gasteiger partial charge in [0.1, 0.15) is 17.6 Å². The van der Waals surface area contributed by atoms with Gasteiger partial charge in [-0.15, -0.1) is 0 Å². The van der Waals surface area contributed by atoms with Gasteiger partial charge in [0.05, 0.1) is 5.52 Å². The molecule has 0 radical (unpaired) electrons. The van der Waals surface area contributed by atoms with E-state index in [2.05, 4.69) is 10.2 Å². The molecule has 2 N–H and O–H groups in total. The zero-order valence-corrected chi connectivity index (χ0v) is 14.7. The number of benzene rings is 2. The molecule has 1 amide bonds. The van der Waals surface area contributed by atoms with Crippen LogP contribution in [-0.2, 0) is 0 Å². The average Bonchev–Trinajstić information content (AvgIpc) is 3.06. The number of halogens is 1. The highest BCUT2D eigenvalue weighted by molar-refractivity contribution is 6.30. The summed E-state index contributed by atoms with van der Waals surface area (Å²) in [5.41, 5.74) is 1.03. The largest absolute Gasteiger partial charge is 0.508 e. The first-order valence-corrected chi connectivity index (χ1v) is 8.86. The topological polar surface area (TPSA) is 78.5 Å². The number of rotatable bonds is 3. The lowest BCUT2D eigenvalue weighted by Crippen LogP contribution is -2.42. The number of carbonyl (C=O) groups excluding carboxylic acids is 1. The molecule has 0 atom stereocenters. The number of piperidine rings is 1. The molecule has 26 heavy (non-hydrogen) atoms. The van der Waals surface area contributed by atoms with Crippen molar-refractivity contribution in [2.45, 2.75) is 18.9 Å². The van der Waals surface area contributed by atoms with E-state index in [0.717, 1.165) is 18.6 Å². The number of ether oxygens (including phenoxy) is 1. The number of nitrogens with zero attached hydrogens (tertiary/aromatic N) is 2. The van der Waals surface area contributed by atoms with Gasteiger partial charge in [0, 0.05) is 42.4 Å². The number of amides is 1. The molecule has 3 aromatic rings. The fraction of sp³-hybridized carbons (Fsp3) is 0.263. The Bertz CT molecular complexity index is 931. The van der Waals surface area contributed by atoms with Crippen LogP contribution in [0, 0.1) is 0 Å². The fourth-order valence-electron chi connectivity index (χ4n) is 3.20. The SMILES string of the molecule is O=C(c1n[nH]c2cc(O)ccc12)N1CCC(Oc2ccc(Cl)cc2)CC1. The third kappa shape index (κ3) is 3.32. The zero-order valence-electron chi connectivity index (χ0n) is 14.0. The van der Waals surface area contributed by atoms with E-state index in [1.54, 1.807) is 35.2 Å². The summed E-state index contributed by atoms with van der Waals surface area (Å²) in [6, 6.07) is 12.1. The fourth-order valence-corrected chi connectivity index (χ4v) is 3.33. The quantitative estimate of drug-likeness (QED) is 0.737. The van der Waals surface area contributed by atoms with Crippen molar-refractivity contribution >= 4 is 28.4 Å². The summed E-state index contributed by atoms with van der Waals surface area (Å²) in [6.07, 6.45) is 1.60. The Labute approximate surface area is 155 Å². The lowest BCUT2D eigenvalue weighted by molar-refractivity contribution is 0.0592. The minimum atomic E-state index is -0.105. The van der Waals surface area contributed by atoms with E-state index < -0.39 is 0 Å². The molecule has 0 spiro atoms. The maximum atomic E-state index is 12.8. The summed E-state index contributed by atoms with van der Waals surface area (Å²) in [5.74, 6) is 0.824. The molecule has 1 aliphatic rings. The monoisotopic (exact) mass is 371 g/mol. The lowest BCUT2D eigenvalue weighted by atomic mass is 10.1. The highest BCUT2D eigenvalue weighted by atomic mass is 35.5. The number of phenols is 1. The number of fused-ring (bicyclic) bond motifs is 1. The average molecular weight is 372 g/mol. The first-order chi connectivity index (χ1) is 12.6. The normalized spacial score (nSPS) is 15.3. The molecule has 6 nitrogen and oxygen atoms in total. The minimum Gasteiger partial charge on any atom is -0.508 e. The standard InChI is InChI=1S/C19H18ClN3O3/c20-12-1-4-14(5-2-12)26-15-7-9-23(10-8-15)19(25)18-16-6-3-13(24)11-17(16)21-22-18/h1-6,11,15,24H,7-10H2,(H,21,22). The molecular formula is C19H18ClN3O3. The number of hydrogen-bond acceptors (Lipinski definition) is 4. The van der Waals surface area contributed by atoms with Gasteiger partial charge in [0.2, 0.25) is 0 Å². The van der Waals surface area contributed by atoms with E-state index >= 15 is 0 Å². The van der Waals surface area contributed by atoms with Gasteiger partial charge in [-0.3, -0.25) is 9.89 Å². The molecule has 1 aromatic heterocycles. The second-order valence-corrected chi connectivity index (χ2v) is 6.80. The van der Waals surface area contributed by atoms with Gasteiger partial charge in [-0.1, -0.05) is 11.6 Å². The van der Waals surface area contributed by atoms with Crippen LogP contribution < -0.4 is 4.74 Å². The van der Waals surface area contributed by atoms with Crippen LogP contribution in [0.25, 0.3) is 10.9 Å². The second-order valence-electron chi connectivity index (χ2n) is 6.37. The van der Waals surface area contributed by atoms with E-state index in [0.29, 0.717) is 34.7 Å². The van der Waals surface area contributed by atoms with Crippen molar-refractivity contribution < 1.29 is 14.6 Å². The number of likely N-dealkylation sites (tertiary alicyclic amines) is 1. The van der Waals surface area contributed by atoms with Gasteiger partial charge in [-0.05, 0) is 36.4 Å². The molecule has 0 bridgehead atoms. The zero-order chi connectivity index (χ0) is 18.1. The van der Waals surface area contributed by atoms with Gasteiger partial charge in [0.15, 0.2) is 5.69 Å². The summed E-state index contributed by atoms with van der Waals surface area (Å²) >= 11 is 5.89. The van der Waals surface area contributed by atoms with Crippen molar-refractivity contribution in [3.63, 3.8) is 0 Å². The Hall–Kier alpha value is -2.73. The van der Waals surface area contributed by atoms with Crippen molar-refractivity contribution in [3.05, 3.63) is 53.2 Å². The molecule has 134 valence electrons. The number of carbonyl (C=O) groups is 1. The van der Waals surface area contributed by atoms with Crippen LogP contribution in [-0.4, -0.2) is 45.3 Å². The Kier molecular flexibility index (Phi) is 4.42. The maximum Gasteiger partial charge on any atom is 0.274 e. The highest BCUT2D eigenvalue weighted by Gasteiger charge is 2.27. The molecule has 2 aromatic carbocycles. The van der Waals surface area contributed by atoms with Crippen LogP contribution in [0.4, 0.5) is 0 Å². The predicted molar refractivity (Wildman–Crippen MR) is 98.8 cm³/mol. The summed E-state index contributed by atoms with van der Waals surface area (Å²) in [6.45, 7) is 1.23. The van der Waals surface area contributed by atoms with Crippen LogP contribution in [0.5, 0.6) is 11.5 Å². The molecule has 1 fully saturated rings. The molecule has 1 aliphatic heterocycles. The van der Waals surface area contributed by atoms with E-state index in [-0.39, 0.29) is 17.8 Å². The molecule has 1 saturated heterocycles. The van der Waals surface area contributed by atoms with Crippen molar-refractivity contribution in [3.8, 4) is 11.5 Å². The van der Waals surface area contributed by atoms with Crippen LogP contribution in [0.15, 0.2) is 42.5 Å². The van der Waals surface area contributed by atoms with Crippen molar-refractivity contribution in [2.24, 2.45) is 0 Å². The molecule has 4 rings (SSSR count). The predicted octanol–water partition coefficient (Wildman–Crippen LogP) is 3.61. The summed E-state index contributed by atoms with van der Waals surface area (Å²) in [5, 5.41) is 17.9. The molecular weight excluding hydrogens is 354 g/mol. The Morgan fingerprint density at radius 1 is 1.19 bits per heavy atom. The summed E-state index contributed by atoms with van der Waals surface area (Å²) < 4.78 is 5.97. The van der Waals surface area contributed by atoms with Crippen LogP contribution in [0.1, 0.15) is 23.3 Å². The lowest BCUT2D eigenvalue weighted by Gasteiger charge is -2.31. The maximum absolute atomic E-state index is 12.8. The van der Waals surface area contributed by atoms with E-state index in [1.807, 2.05) is 12.1 Å². The third-order valence-electron chi connectivity index (χ3n) is 4.59. The van der Waals surface area contributed by atoms with Crippen LogP contribution in [0.2, 0.25) is 5.02 Å². The van der Waals surface area contributed by atoms with Crippen molar-refractivity contribution in [1.82, 2.24) is 15.1 Å². The summed E-state index contributed by atoms with van der Waals surface area (Å²) in [4.78, 5) is 14.6. The molecule has 7 heteroatoms. The Morgan fingerprint density at radius 3 is 2.65 bits per heavy atom. The second kappa shape index (κ2) is 6.88. The number of aromatic hydroxyl groups is 1. The molecule has 0 aliphatic carbocycles. The van der Waals surface area contributed by atoms with Crippen molar-refractivity contribution in [1.29, 1.82) is 0 Å². The number of hydrogen-bond donors (Lipinski definition) is 2. The highest BCUT2D eigenvalue weighted by Crippen LogP contribution is 2.24. The van der Waals surface area contributed by atoms with Crippen molar-refractivity contribution in [2.75, 3.05) is 13.1 Å². The Morgan fingerprint density at radius 2 is 1.92 bits per heavy atom. The van der Waals surface area contributed by atoms with E-state index in [9.17, 15) is 9.90 Å². The number of phenolic OH excluding ortho intramolecular Hbond substituents is 1.